The van der Waals surface area contributed by atoms with Gasteiger partial charge in [-0.05, 0) is 121 Å². The smallest absolute Gasteiger partial charge is 0.270 e. The number of fused-ring (bicyclic) bond motifs is 3. The van der Waals surface area contributed by atoms with Crippen LogP contribution >= 0.6 is 11.3 Å². The summed E-state index contributed by atoms with van der Waals surface area (Å²) in [6.45, 7) is 16.2. The number of amides is 2. The molecule has 2 aromatic rings. The SMILES string of the molecule is CCN[C@@H](C)C[C@H](Cc1ncc(C)cn1)NC(=O)c1csc(C2(C[C@H](C(C)C)N(C)C(=O)[C@@H](NC3OC3[C@H]3CC4CCN3CC4)[C@@H](C)C3CC3)CC2)n1. The van der Waals surface area contributed by atoms with Crippen LogP contribution in [-0.2, 0) is 21.4 Å². The zero-order chi connectivity index (χ0) is 37.4. The number of hydrogen-bond acceptors (Lipinski definition) is 10. The van der Waals surface area contributed by atoms with Crippen molar-refractivity contribution in [2.75, 3.05) is 26.7 Å². The molecule has 0 aromatic carbocycles. The largest absolute Gasteiger partial charge is 0.351 e. The highest BCUT2D eigenvalue weighted by Gasteiger charge is 2.54. The van der Waals surface area contributed by atoms with Crippen molar-refractivity contribution in [1.29, 1.82) is 0 Å². The van der Waals surface area contributed by atoms with Gasteiger partial charge in [0.25, 0.3) is 5.91 Å². The quantitative estimate of drug-likeness (QED) is 0.169. The molecule has 12 heteroatoms. The Balaban J connectivity index is 1.00. The van der Waals surface area contributed by atoms with Gasteiger partial charge < -0.3 is 20.3 Å². The van der Waals surface area contributed by atoms with Gasteiger partial charge >= 0.3 is 0 Å². The van der Waals surface area contributed by atoms with E-state index < -0.39 is 0 Å². The van der Waals surface area contributed by atoms with Crippen LogP contribution < -0.4 is 16.0 Å². The summed E-state index contributed by atoms with van der Waals surface area (Å²) in [5, 5.41) is 13.4. The van der Waals surface area contributed by atoms with Crippen molar-refractivity contribution in [2.45, 2.75) is 154 Å². The maximum absolute atomic E-state index is 14.6. The normalized spacial score (nSPS) is 28.6. The highest BCUT2D eigenvalue weighted by molar-refractivity contribution is 7.10. The number of hydrogen-bond donors (Lipinski definition) is 3. The van der Waals surface area contributed by atoms with E-state index in [0.29, 0.717) is 24.1 Å². The van der Waals surface area contributed by atoms with Crippen LogP contribution in [-0.4, -0.2) is 106 Å². The summed E-state index contributed by atoms with van der Waals surface area (Å²) in [5.74, 6) is 2.73. The molecule has 53 heavy (non-hydrogen) atoms. The number of nitrogens with one attached hydrogen (secondary N) is 3. The molecule has 2 bridgehead atoms. The lowest BCUT2D eigenvalue weighted by Gasteiger charge is -2.45. The maximum atomic E-state index is 14.6. The fourth-order valence-electron chi connectivity index (χ4n) is 9.36. The van der Waals surface area contributed by atoms with Crippen LogP contribution in [0.5, 0.6) is 0 Å². The number of carbonyl (C=O) groups is 2. The van der Waals surface area contributed by atoms with Crippen molar-refractivity contribution in [3.05, 3.63) is 39.9 Å². The Hall–Kier alpha value is -2.51. The Morgan fingerprint density at radius 3 is 2.42 bits per heavy atom. The molecule has 2 aromatic heterocycles. The number of piperidine rings is 3. The molecule has 2 aliphatic carbocycles. The van der Waals surface area contributed by atoms with Gasteiger partial charge in [0.1, 0.15) is 23.9 Å². The van der Waals surface area contributed by atoms with Crippen LogP contribution in [0.1, 0.15) is 119 Å². The lowest BCUT2D eigenvalue weighted by Crippen LogP contribution is -2.56. The van der Waals surface area contributed by atoms with Crippen molar-refractivity contribution in [1.82, 2.24) is 40.7 Å². The molecule has 8 rings (SSSR count). The van der Waals surface area contributed by atoms with Crippen LogP contribution in [0.4, 0.5) is 0 Å². The predicted octanol–water partition coefficient (Wildman–Crippen LogP) is 5.09. The molecule has 6 fully saturated rings. The lowest BCUT2D eigenvalue weighted by molar-refractivity contribution is -0.137. The van der Waals surface area contributed by atoms with Crippen LogP contribution in [0.25, 0.3) is 0 Å². The van der Waals surface area contributed by atoms with Gasteiger partial charge in [-0.15, -0.1) is 11.3 Å². The molecule has 2 unspecified atom stereocenters. The first-order valence-electron chi connectivity index (χ1n) is 20.6. The van der Waals surface area contributed by atoms with E-state index in [1.807, 2.05) is 31.7 Å². The van der Waals surface area contributed by atoms with E-state index >= 15 is 0 Å². The van der Waals surface area contributed by atoms with Crippen molar-refractivity contribution in [3.8, 4) is 0 Å². The molecule has 4 saturated heterocycles. The average molecular weight is 749 g/mol. The Morgan fingerprint density at radius 2 is 1.81 bits per heavy atom. The molecule has 6 aliphatic rings. The molecule has 6 heterocycles. The summed E-state index contributed by atoms with van der Waals surface area (Å²) in [4.78, 5) is 46.9. The first-order valence-corrected chi connectivity index (χ1v) is 21.5. The Morgan fingerprint density at radius 1 is 1.09 bits per heavy atom. The number of carbonyl (C=O) groups excluding carboxylic acids is 2. The molecule has 4 aliphatic heterocycles. The highest BCUT2D eigenvalue weighted by Crippen LogP contribution is 2.54. The third-order valence-electron chi connectivity index (χ3n) is 13.1. The van der Waals surface area contributed by atoms with Crippen LogP contribution in [0, 0.1) is 30.6 Å². The minimum absolute atomic E-state index is 0.0369. The Bertz CT molecular complexity index is 1550. The van der Waals surface area contributed by atoms with E-state index in [9.17, 15) is 9.59 Å². The topological polar surface area (TPSA) is 128 Å². The first-order chi connectivity index (χ1) is 25.4. The van der Waals surface area contributed by atoms with Gasteiger partial charge in [-0.1, -0.05) is 27.7 Å². The molecule has 11 nitrogen and oxygen atoms in total. The third-order valence-corrected chi connectivity index (χ3v) is 14.2. The number of nitrogens with zero attached hydrogens (tertiary/aromatic N) is 5. The first kappa shape index (κ1) is 38.8. The van der Waals surface area contributed by atoms with Gasteiger partial charge in [-0.3, -0.25) is 19.8 Å². The summed E-state index contributed by atoms with van der Waals surface area (Å²) < 4.78 is 6.31. The van der Waals surface area contributed by atoms with E-state index in [-0.39, 0.29) is 65.6 Å². The molecular weight excluding hydrogens is 685 g/mol. The van der Waals surface area contributed by atoms with Crippen molar-refractivity contribution in [2.24, 2.45) is 23.7 Å². The van der Waals surface area contributed by atoms with E-state index in [2.05, 4.69) is 70.3 Å². The molecule has 292 valence electrons. The van der Waals surface area contributed by atoms with E-state index in [0.717, 1.165) is 54.5 Å². The van der Waals surface area contributed by atoms with Crippen molar-refractivity contribution in [3.63, 3.8) is 0 Å². The fourth-order valence-corrected chi connectivity index (χ4v) is 10.4. The predicted molar refractivity (Wildman–Crippen MR) is 209 cm³/mol. The fraction of sp³-hybridized carbons (Fsp3) is 0.780. The van der Waals surface area contributed by atoms with Crippen LogP contribution in [0.3, 0.4) is 0 Å². The number of thiazole rings is 1. The molecule has 3 N–H and O–H groups in total. The lowest BCUT2D eigenvalue weighted by atomic mass is 9.82. The monoisotopic (exact) mass is 748 g/mol. The maximum Gasteiger partial charge on any atom is 0.270 e. The molecule has 0 spiro atoms. The molecule has 2 saturated carbocycles. The van der Waals surface area contributed by atoms with E-state index in [1.165, 1.54) is 45.2 Å². The van der Waals surface area contributed by atoms with Gasteiger partial charge in [0, 0.05) is 60.8 Å². The summed E-state index contributed by atoms with van der Waals surface area (Å²) in [5.41, 5.74) is 1.38. The minimum Gasteiger partial charge on any atom is -0.351 e. The van der Waals surface area contributed by atoms with Gasteiger partial charge in [0.15, 0.2) is 0 Å². The number of aryl methyl sites for hydroxylation is 1. The number of aromatic nitrogens is 3. The minimum atomic E-state index is -0.252. The molecular formula is C41H64N8O3S. The number of likely N-dealkylation sites (N-methyl/N-ethyl adjacent to an activating group) is 1. The van der Waals surface area contributed by atoms with Crippen LogP contribution in [0.15, 0.2) is 17.8 Å². The number of ether oxygens (including phenoxy) is 1. The molecule has 8 atom stereocenters. The Kier molecular flexibility index (Phi) is 11.9. The summed E-state index contributed by atoms with van der Waals surface area (Å²) >= 11 is 1.59. The van der Waals surface area contributed by atoms with Crippen LogP contribution in [0.2, 0.25) is 0 Å². The van der Waals surface area contributed by atoms with Gasteiger partial charge in [0.2, 0.25) is 5.91 Å². The van der Waals surface area contributed by atoms with Crippen molar-refractivity contribution < 1.29 is 14.3 Å². The zero-order valence-corrected chi connectivity index (χ0v) is 34.0. The highest BCUT2D eigenvalue weighted by atomic mass is 32.1. The average Bonchev–Trinajstić information content (AvgIpc) is 4.08. The zero-order valence-electron chi connectivity index (χ0n) is 33.1. The second-order valence-electron chi connectivity index (χ2n) is 17.7. The molecule has 0 radical (unpaired) electrons. The molecule has 2 amide bonds. The van der Waals surface area contributed by atoms with Gasteiger partial charge in [-0.25, -0.2) is 15.0 Å². The van der Waals surface area contributed by atoms with E-state index in [4.69, 9.17) is 9.72 Å². The van der Waals surface area contributed by atoms with Crippen molar-refractivity contribution >= 4 is 23.2 Å². The van der Waals surface area contributed by atoms with Gasteiger partial charge in [0.05, 0.1) is 11.0 Å². The van der Waals surface area contributed by atoms with E-state index in [1.54, 1.807) is 11.3 Å². The standard InChI is InChI=1S/C41H64N8O3S/c1-8-42-26(5)17-30(19-34-43-21-25(4)22-44-34)45-37(50)31-23-53-40(46-31)41(13-14-41)20-33(24(2)3)48(7)39(51)35(27(6)29-9-10-29)47-38-36(52-38)32-18-28-11-15-49(32)16-12-28/h21-24,26-30,32-33,35-36,38,42,47H,8-20H2,1-7H3,(H,45,50)/t26-,27-,30+,32+,33+,35-,36?,38?/m0/s1. The summed E-state index contributed by atoms with van der Waals surface area (Å²) in [6, 6.07) is 0.399. The second kappa shape index (κ2) is 16.3. The second-order valence-corrected chi connectivity index (χ2v) is 18.5. The summed E-state index contributed by atoms with van der Waals surface area (Å²) in [6.07, 6.45) is 14.3. The number of epoxide rings is 1. The third kappa shape index (κ3) is 9.14. The van der Waals surface area contributed by atoms with Gasteiger partial charge in [-0.2, -0.15) is 0 Å². The number of rotatable bonds is 19. The summed E-state index contributed by atoms with van der Waals surface area (Å²) in [7, 11) is 2.02. The Labute approximate surface area is 321 Å².